The van der Waals surface area contributed by atoms with Crippen LogP contribution >= 0.6 is 6.19 Å². The largest absolute Gasteiger partial charge is 0.232 e. The first-order chi connectivity index (χ1) is 10.1. The first-order valence-electron chi connectivity index (χ1n) is 6.88. The van der Waals surface area contributed by atoms with Gasteiger partial charge >= 0.3 is 0 Å². The zero-order valence-corrected chi connectivity index (χ0v) is 13.8. The molecule has 0 aliphatic rings. The summed E-state index contributed by atoms with van der Waals surface area (Å²) in [5.74, 6) is 0. The Kier molecular flexibility index (Phi) is 3.79. The highest BCUT2D eigenvalue weighted by atomic mass is 32.4. The molecule has 0 spiro atoms. The van der Waals surface area contributed by atoms with E-state index in [2.05, 4.69) is 41.7 Å². The number of rotatable bonds is 3. The zero-order valence-electron chi connectivity index (χ0n) is 12.1. The van der Waals surface area contributed by atoms with Crippen molar-refractivity contribution in [3.63, 3.8) is 0 Å². The Labute approximate surface area is 130 Å². The molecule has 1 heterocycles. The lowest BCUT2D eigenvalue weighted by Crippen LogP contribution is -2.22. The molecule has 0 aliphatic carbocycles. The van der Waals surface area contributed by atoms with Gasteiger partial charge in [-0.1, -0.05) is 72.5 Å². The van der Waals surface area contributed by atoms with Gasteiger partial charge in [0.2, 0.25) is 0 Å². The van der Waals surface area contributed by atoms with E-state index in [0.717, 1.165) is 22.0 Å². The van der Waals surface area contributed by atoms with Gasteiger partial charge in [-0.3, -0.25) is 0 Å². The lowest BCUT2D eigenvalue weighted by atomic mass is 10.4. The second kappa shape index (κ2) is 5.59. The molecule has 0 amide bonds. The van der Waals surface area contributed by atoms with Crippen LogP contribution in [0, 0.1) is 13.8 Å². The van der Waals surface area contributed by atoms with Crippen LogP contribution in [0.4, 0.5) is 0 Å². The lowest BCUT2D eigenvalue weighted by molar-refractivity contribution is 0.935. The molecule has 4 heteroatoms. The van der Waals surface area contributed by atoms with Crippen LogP contribution in [-0.2, 0) is 11.8 Å². The Morgan fingerprint density at radius 2 is 1.33 bits per heavy atom. The van der Waals surface area contributed by atoms with Gasteiger partial charge in [-0.25, -0.2) is 4.45 Å². The maximum atomic E-state index is 6.21. The Morgan fingerprint density at radius 3 is 1.71 bits per heavy atom. The fraction of sp³-hybridized carbons (Fsp3) is 0.118. The molecule has 3 aromatic rings. The minimum Gasteiger partial charge on any atom is -0.232 e. The number of hydrogen-bond donors (Lipinski definition) is 0. The molecule has 2 nitrogen and oxygen atoms in total. The quantitative estimate of drug-likeness (QED) is 0.690. The molecular formula is C17H17N2PS. The maximum absolute atomic E-state index is 6.21. The van der Waals surface area contributed by atoms with Crippen molar-refractivity contribution in [2.75, 3.05) is 0 Å². The number of nitrogens with zero attached hydrogens (tertiary/aromatic N) is 2. The molecule has 3 rings (SSSR count). The fourth-order valence-corrected chi connectivity index (χ4v) is 6.41. The Balaban J connectivity index is 2.31. The predicted molar refractivity (Wildman–Crippen MR) is 93.5 cm³/mol. The second-order valence-electron chi connectivity index (χ2n) is 5.06. The van der Waals surface area contributed by atoms with Gasteiger partial charge in [-0.2, -0.15) is 5.10 Å². The van der Waals surface area contributed by atoms with E-state index < -0.39 is 6.19 Å². The minimum atomic E-state index is -2.15. The summed E-state index contributed by atoms with van der Waals surface area (Å²) >= 11 is 6.21. The van der Waals surface area contributed by atoms with Crippen molar-refractivity contribution >= 4 is 28.6 Å². The monoisotopic (exact) mass is 312 g/mol. The van der Waals surface area contributed by atoms with Crippen LogP contribution in [0.25, 0.3) is 0 Å². The summed E-state index contributed by atoms with van der Waals surface area (Å²) in [6, 6.07) is 22.8. The van der Waals surface area contributed by atoms with Crippen LogP contribution in [0.15, 0.2) is 66.7 Å². The summed E-state index contributed by atoms with van der Waals surface area (Å²) in [5, 5.41) is 7.03. The molecular weight excluding hydrogens is 295 g/mol. The summed E-state index contributed by atoms with van der Waals surface area (Å²) < 4.78 is 2.06. The second-order valence-corrected chi connectivity index (χ2v) is 9.21. The highest BCUT2D eigenvalue weighted by Crippen LogP contribution is 2.45. The Morgan fingerprint density at radius 1 is 0.857 bits per heavy atom. The molecule has 0 radical (unpaired) electrons. The van der Waals surface area contributed by atoms with E-state index in [0.29, 0.717) is 0 Å². The predicted octanol–water partition coefficient (Wildman–Crippen LogP) is 3.39. The average molecular weight is 312 g/mol. The SMILES string of the molecule is Cc1cc(C)n(P(=S)(c2ccccc2)c2ccccc2)n1. The Bertz CT molecular complexity index is 751. The normalized spacial score (nSPS) is 11.5. The molecule has 0 fully saturated rings. The summed E-state index contributed by atoms with van der Waals surface area (Å²) in [4.78, 5) is 0. The number of aryl methyl sites for hydroxylation is 2. The van der Waals surface area contributed by atoms with E-state index in [1.165, 1.54) is 0 Å². The van der Waals surface area contributed by atoms with Crippen LogP contribution in [0.1, 0.15) is 11.4 Å². The molecule has 0 saturated carbocycles. The van der Waals surface area contributed by atoms with Crippen molar-refractivity contribution in [1.82, 2.24) is 9.55 Å². The summed E-state index contributed by atoms with van der Waals surface area (Å²) in [7, 11) is 0. The topological polar surface area (TPSA) is 17.8 Å². The molecule has 0 N–H and O–H groups in total. The molecule has 0 unspecified atom stereocenters. The maximum Gasteiger partial charge on any atom is 0.114 e. The molecule has 0 atom stereocenters. The number of aromatic nitrogens is 2. The van der Waals surface area contributed by atoms with Gasteiger partial charge < -0.3 is 0 Å². The summed E-state index contributed by atoms with van der Waals surface area (Å²) in [5.41, 5.74) is 2.12. The summed E-state index contributed by atoms with van der Waals surface area (Å²) in [6.45, 7) is 4.09. The third-order valence-corrected chi connectivity index (χ3v) is 8.13. The van der Waals surface area contributed by atoms with Gasteiger partial charge in [-0.15, -0.1) is 0 Å². The van der Waals surface area contributed by atoms with E-state index >= 15 is 0 Å². The van der Waals surface area contributed by atoms with Crippen molar-refractivity contribution in [2.45, 2.75) is 13.8 Å². The van der Waals surface area contributed by atoms with Gasteiger partial charge in [0.1, 0.15) is 6.19 Å². The van der Waals surface area contributed by atoms with Gasteiger partial charge in [0.15, 0.2) is 0 Å². The van der Waals surface area contributed by atoms with Crippen LogP contribution in [-0.4, -0.2) is 9.55 Å². The molecule has 0 bridgehead atoms. The van der Waals surface area contributed by atoms with Crippen molar-refractivity contribution in [1.29, 1.82) is 0 Å². The van der Waals surface area contributed by atoms with Gasteiger partial charge in [-0.05, 0) is 19.9 Å². The van der Waals surface area contributed by atoms with Crippen LogP contribution < -0.4 is 10.6 Å². The molecule has 106 valence electrons. The van der Waals surface area contributed by atoms with Crippen molar-refractivity contribution in [2.24, 2.45) is 0 Å². The molecule has 0 saturated heterocycles. The van der Waals surface area contributed by atoms with Gasteiger partial charge in [0, 0.05) is 16.3 Å². The number of hydrogen-bond acceptors (Lipinski definition) is 2. The van der Waals surface area contributed by atoms with E-state index in [1.54, 1.807) is 0 Å². The van der Waals surface area contributed by atoms with Gasteiger partial charge in [0.25, 0.3) is 0 Å². The molecule has 0 aliphatic heterocycles. The minimum absolute atomic E-state index is 1.01. The molecule has 21 heavy (non-hydrogen) atoms. The summed E-state index contributed by atoms with van der Waals surface area (Å²) in [6.07, 6.45) is -2.15. The van der Waals surface area contributed by atoms with Crippen molar-refractivity contribution in [3.8, 4) is 0 Å². The van der Waals surface area contributed by atoms with E-state index in [-0.39, 0.29) is 0 Å². The average Bonchev–Trinajstić information content (AvgIpc) is 2.87. The van der Waals surface area contributed by atoms with Crippen LogP contribution in [0.3, 0.4) is 0 Å². The fourth-order valence-electron chi connectivity index (χ4n) is 2.53. The number of benzene rings is 2. The first-order valence-corrected chi connectivity index (χ1v) is 9.63. The van der Waals surface area contributed by atoms with Crippen molar-refractivity contribution in [3.05, 3.63) is 78.1 Å². The van der Waals surface area contributed by atoms with Crippen LogP contribution in [0.5, 0.6) is 0 Å². The standard InChI is InChI=1S/C17H17N2PS/c1-14-13-15(2)19(18-14)20(21,16-9-5-3-6-10-16)17-11-7-4-8-12-17/h3-13H,1-2H3. The Hall–Kier alpha value is -1.70. The highest BCUT2D eigenvalue weighted by Gasteiger charge is 2.26. The van der Waals surface area contributed by atoms with E-state index in [4.69, 9.17) is 16.9 Å². The van der Waals surface area contributed by atoms with Gasteiger partial charge in [0.05, 0.1) is 5.69 Å². The van der Waals surface area contributed by atoms with E-state index in [9.17, 15) is 0 Å². The zero-order chi connectivity index (χ0) is 14.9. The smallest absolute Gasteiger partial charge is 0.114 e. The lowest BCUT2D eigenvalue weighted by Gasteiger charge is -2.25. The van der Waals surface area contributed by atoms with Crippen molar-refractivity contribution < 1.29 is 0 Å². The third-order valence-electron chi connectivity index (χ3n) is 3.46. The highest BCUT2D eigenvalue weighted by molar-refractivity contribution is 8.21. The molecule has 1 aromatic heterocycles. The van der Waals surface area contributed by atoms with E-state index in [1.807, 2.05) is 43.3 Å². The first kappa shape index (κ1) is 14.2. The third kappa shape index (κ3) is 2.48. The van der Waals surface area contributed by atoms with Crippen LogP contribution in [0.2, 0.25) is 0 Å². The molecule has 2 aromatic carbocycles.